The highest BCUT2D eigenvalue weighted by atomic mass is 19.1. The summed E-state index contributed by atoms with van der Waals surface area (Å²) in [4.78, 5) is 19.3. The summed E-state index contributed by atoms with van der Waals surface area (Å²) in [6.45, 7) is 7.24. The maximum Gasteiger partial charge on any atom is 0.340 e. The van der Waals surface area contributed by atoms with E-state index in [9.17, 15) is 9.18 Å². The maximum absolute atomic E-state index is 13.9. The van der Waals surface area contributed by atoms with Crippen LogP contribution in [0.3, 0.4) is 0 Å². The van der Waals surface area contributed by atoms with Crippen LogP contribution in [0.2, 0.25) is 0 Å². The molecule has 174 valence electrons. The van der Waals surface area contributed by atoms with E-state index in [0.717, 1.165) is 55.1 Å². The molecule has 3 aromatic rings. The van der Waals surface area contributed by atoms with Gasteiger partial charge in [-0.05, 0) is 67.3 Å². The zero-order chi connectivity index (χ0) is 22.9. The summed E-state index contributed by atoms with van der Waals surface area (Å²) >= 11 is 0. The lowest BCUT2D eigenvalue weighted by molar-refractivity contribution is 0.0254. The molecule has 0 aliphatic carbocycles. The molecule has 2 saturated heterocycles. The Bertz CT molecular complexity index is 1160. The van der Waals surface area contributed by atoms with Crippen LogP contribution < -0.4 is 0 Å². The van der Waals surface area contributed by atoms with Gasteiger partial charge >= 0.3 is 5.97 Å². The second-order valence-electron chi connectivity index (χ2n) is 9.37. The minimum atomic E-state index is -0.559. The van der Waals surface area contributed by atoms with Crippen molar-refractivity contribution in [3.05, 3.63) is 59.3 Å². The van der Waals surface area contributed by atoms with Gasteiger partial charge in [-0.1, -0.05) is 0 Å². The fourth-order valence-electron chi connectivity index (χ4n) is 5.35. The first-order chi connectivity index (χ1) is 16.0. The molecule has 0 saturated carbocycles. The van der Waals surface area contributed by atoms with Crippen LogP contribution in [0.1, 0.15) is 34.3 Å². The normalized spacial score (nSPS) is 17.9. The zero-order valence-corrected chi connectivity index (χ0v) is 19.2. The number of carbonyl (C=O) groups is 1. The molecule has 0 spiro atoms. The number of rotatable bonds is 6. The third kappa shape index (κ3) is 4.39. The Labute approximate surface area is 193 Å². The molecule has 0 bridgehead atoms. The Morgan fingerprint density at radius 1 is 1.21 bits per heavy atom. The number of aromatic nitrogens is 2. The number of esters is 1. The molecule has 0 N–H and O–H groups in total. The molecule has 5 rings (SSSR count). The number of fused-ring (bicyclic) bond motifs is 1. The van der Waals surface area contributed by atoms with Crippen LogP contribution in [0.25, 0.3) is 16.6 Å². The lowest BCUT2D eigenvalue weighted by Crippen LogP contribution is -2.49. The van der Waals surface area contributed by atoms with Crippen LogP contribution in [0, 0.1) is 24.6 Å². The van der Waals surface area contributed by atoms with E-state index in [1.165, 1.54) is 44.2 Å². The number of halogens is 1. The van der Waals surface area contributed by atoms with Gasteiger partial charge in [-0.15, -0.1) is 0 Å². The van der Waals surface area contributed by atoms with E-state index in [1.807, 2.05) is 17.0 Å². The van der Waals surface area contributed by atoms with Gasteiger partial charge in [0.05, 0.1) is 30.1 Å². The van der Waals surface area contributed by atoms with E-state index in [2.05, 4.69) is 23.0 Å². The Morgan fingerprint density at radius 3 is 2.76 bits per heavy atom. The van der Waals surface area contributed by atoms with Crippen molar-refractivity contribution in [1.82, 2.24) is 14.5 Å². The SMILES string of the molecule is COC(=O)c1cc(F)ccc1-n1cc(CC2CN(CC3CCOCC3)C2)c2c(C)cncc21. The second kappa shape index (κ2) is 9.23. The minimum absolute atomic E-state index is 0.203. The molecule has 2 aromatic heterocycles. The standard InChI is InChI=1S/C26H30FN3O3/c1-17-11-28-12-24-25(17)20(9-19-14-29(15-19)13-18-5-7-33-8-6-18)16-30(24)23-4-3-21(27)10-22(23)26(31)32-2/h3-4,10-12,16,18-19H,5-9,13-15H2,1-2H3. The fraction of sp³-hybridized carbons (Fsp3) is 0.462. The van der Waals surface area contributed by atoms with E-state index < -0.39 is 11.8 Å². The number of carbonyl (C=O) groups excluding carboxylic acids is 1. The maximum atomic E-state index is 13.9. The molecule has 0 amide bonds. The lowest BCUT2D eigenvalue weighted by Gasteiger charge is -2.42. The van der Waals surface area contributed by atoms with Crippen molar-refractivity contribution >= 4 is 16.9 Å². The van der Waals surface area contributed by atoms with Crippen molar-refractivity contribution in [2.45, 2.75) is 26.2 Å². The van der Waals surface area contributed by atoms with Crippen molar-refractivity contribution < 1.29 is 18.7 Å². The number of pyridine rings is 1. The number of aryl methyl sites for hydroxylation is 1. The quantitative estimate of drug-likeness (QED) is 0.527. The van der Waals surface area contributed by atoms with Crippen LogP contribution in [-0.2, 0) is 15.9 Å². The molecular weight excluding hydrogens is 421 g/mol. The van der Waals surface area contributed by atoms with Gasteiger partial charge in [0.1, 0.15) is 5.82 Å². The van der Waals surface area contributed by atoms with Gasteiger partial charge in [-0.3, -0.25) is 4.98 Å². The Balaban J connectivity index is 1.41. The number of ether oxygens (including phenoxy) is 2. The Hall–Kier alpha value is -2.77. The van der Waals surface area contributed by atoms with Gasteiger partial charge in [0.15, 0.2) is 0 Å². The van der Waals surface area contributed by atoms with E-state index in [1.54, 1.807) is 6.07 Å². The van der Waals surface area contributed by atoms with Crippen LogP contribution >= 0.6 is 0 Å². The highest BCUT2D eigenvalue weighted by Gasteiger charge is 2.30. The third-order valence-electron chi connectivity index (χ3n) is 7.00. The smallest absolute Gasteiger partial charge is 0.340 e. The third-order valence-corrected chi connectivity index (χ3v) is 7.00. The Morgan fingerprint density at radius 2 is 2.00 bits per heavy atom. The first kappa shape index (κ1) is 22.0. The van der Waals surface area contributed by atoms with Crippen LogP contribution in [0.5, 0.6) is 0 Å². The van der Waals surface area contributed by atoms with E-state index in [0.29, 0.717) is 11.6 Å². The average Bonchev–Trinajstić information content (AvgIpc) is 3.17. The van der Waals surface area contributed by atoms with Crippen LogP contribution in [-0.4, -0.2) is 60.4 Å². The van der Waals surface area contributed by atoms with Gasteiger partial charge in [0, 0.05) is 50.6 Å². The molecule has 2 aliphatic heterocycles. The predicted molar refractivity (Wildman–Crippen MR) is 124 cm³/mol. The molecule has 7 heteroatoms. The molecule has 2 aliphatic rings. The molecule has 1 aromatic carbocycles. The summed E-state index contributed by atoms with van der Waals surface area (Å²) in [5, 5.41) is 1.16. The summed E-state index contributed by atoms with van der Waals surface area (Å²) < 4.78 is 26.3. The number of likely N-dealkylation sites (tertiary alicyclic amines) is 1. The Kier molecular flexibility index (Phi) is 6.17. The summed E-state index contributed by atoms with van der Waals surface area (Å²) in [6.07, 6.45) is 9.07. The zero-order valence-electron chi connectivity index (χ0n) is 19.2. The van der Waals surface area contributed by atoms with Crippen molar-refractivity contribution in [2.24, 2.45) is 11.8 Å². The molecule has 6 nitrogen and oxygen atoms in total. The van der Waals surface area contributed by atoms with Crippen molar-refractivity contribution in [2.75, 3.05) is 40.0 Å². The summed E-state index contributed by atoms with van der Waals surface area (Å²) in [7, 11) is 1.31. The van der Waals surface area contributed by atoms with Gasteiger partial charge < -0.3 is 18.9 Å². The summed E-state index contributed by atoms with van der Waals surface area (Å²) in [5.41, 5.74) is 4.05. The fourth-order valence-corrected chi connectivity index (χ4v) is 5.35. The second-order valence-corrected chi connectivity index (χ2v) is 9.37. The van der Waals surface area contributed by atoms with Crippen molar-refractivity contribution in [3.8, 4) is 5.69 Å². The highest BCUT2D eigenvalue weighted by Crippen LogP contribution is 2.32. The predicted octanol–water partition coefficient (Wildman–Crippen LogP) is 4.16. The van der Waals surface area contributed by atoms with Gasteiger partial charge in [-0.2, -0.15) is 0 Å². The number of benzene rings is 1. The molecule has 0 radical (unpaired) electrons. The minimum Gasteiger partial charge on any atom is -0.465 e. The number of hydrogen-bond acceptors (Lipinski definition) is 5. The molecule has 0 atom stereocenters. The van der Waals surface area contributed by atoms with Crippen LogP contribution in [0.4, 0.5) is 4.39 Å². The van der Waals surface area contributed by atoms with E-state index in [-0.39, 0.29) is 5.56 Å². The number of hydrogen-bond donors (Lipinski definition) is 0. The van der Waals surface area contributed by atoms with Crippen LogP contribution in [0.15, 0.2) is 36.8 Å². The molecule has 4 heterocycles. The first-order valence-corrected chi connectivity index (χ1v) is 11.7. The molecule has 2 fully saturated rings. The average molecular weight is 452 g/mol. The van der Waals surface area contributed by atoms with Gasteiger partial charge in [-0.25, -0.2) is 9.18 Å². The first-order valence-electron chi connectivity index (χ1n) is 11.7. The number of nitrogens with zero attached hydrogens (tertiary/aromatic N) is 3. The molecule has 33 heavy (non-hydrogen) atoms. The molecule has 0 unspecified atom stereocenters. The largest absolute Gasteiger partial charge is 0.465 e. The van der Waals surface area contributed by atoms with E-state index >= 15 is 0 Å². The monoisotopic (exact) mass is 451 g/mol. The summed E-state index contributed by atoms with van der Waals surface area (Å²) in [6, 6.07) is 4.23. The topological polar surface area (TPSA) is 56.6 Å². The molecular formula is C26H30FN3O3. The highest BCUT2D eigenvalue weighted by molar-refractivity contribution is 5.95. The van der Waals surface area contributed by atoms with Crippen molar-refractivity contribution in [1.29, 1.82) is 0 Å². The van der Waals surface area contributed by atoms with E-state index in [4.69, 9.17) is 9.47 Å². The summed E-state index contributed by atoms with van der Waals surface area (Å²) in [5.74, 6) is 0.329. The van der Waals surface area contributed by atoms with Gasteiger partial charge in [0.2, 0.25) is 0 Å². The lowest BCUT2D eigenvalue weighted by atomic mass is 9.89. The number of methoxy groups -OCH3 is 1. The van der Waals surface area contributed by atoms with Gasteiger partial charge in [0.25, 0.3) is 0 Å². The van der Waals surface area contributed by atoms with Crippen molar-refractivity contribution in [3.63, 3.8) is 0 Å².